The van der Waals surface area contributed by atoms with Crippen LogP contribution in [0.4, 0.5) is 10.1 Å². The van der Waals surface area contributed by atoms with E-state index in [1.165, 1.54) is 6.07 Å². The largest absolute Gasteiger partial charge is 0.391 e. The molecular weight excluding hydrogens is 428 g/mol. The highest BCUT2D eigenvalue weighted by molar-refractivity contribution is 9.11. The summed E-state index contributed by atoms with van der Waals surface area (Å²) in [5.74, 6) is -0.674. The lowest BCUT2D eigenvalue weighted by atomic mass is 10.3. The van der Waals surface area contributed by atoms with E-state index < -0.39 is 15.8 Å². The summed E-state index contributed by atoms with van der Waals surface area (Å²) < 4.78 is 40.3. The van der Waals surface area contributed by atoms with Crippen LogP contribution in [0, 0.1) is 5.82 Å². The number of aliphatic hydroxyl groups is 1. The Bertz CT molecular complexity index is 772. The lowest BCUT2D eigenvalue weighted by molar-refractivity contribution is 0.285. The molecular formula is C11H7BrCl2FNO3S2. The van der Waals surface area contributed by atoms with Crippen LogP contribution in [0.3, 0.4) is 0 Å². The zero-order chi connectivity index (χ0) is 15.8. The molecule has 2 aromatic rings. The molecule has 0 aliphatic rings. The molecule has 0 unspecified atom stereocenters. The highest BCUT2D eigenvalue weighted by Crippen LogP contribution is 2.36. The fraction of sp³-hybridized carbons (Fsp3) is 0.0909. The van der Waals surface area contributed by atoms with Crippen molar-refractivity contribution in [1.29, 1.82) is 0 Å². The van der Waals surface area contributed by atoms with Gasteiger partial charge in [0, 0.05) is 4.88 Å². The minimum absolute atomic E-state index is 0.0620. The summed E-state index contributed by atoms with van der Waals surface area (Å²) in [4.78, 5) is 0.409. The first-order chi connectivity index (χ1) is 9.74. The van der Waals surface area contributed by atoms with Crippen LogP contribution in [-0.4, -0.2) is 13.5 Å². The fourth-order valence-corrected chi connectivity index (χ4v) is 5.80. The van der Waals surface area contributed by atoms with Crippen molar-refractivity contribution in [2.45, 2.75) is 11.5 Å². The van der Waals surface area contributed by atoms with Gasteiger partial charge in [-0.25, -0.2) is 12.8 Å². The summed E-state index contributed by atoms with van der Waals surface area (Å²) >= 11 is 15.8. The lowest BCUT2D eigenvalue weighted by Gasteiger charge is -2.11. The number of aliphatic hydroxyl groups excluding tert-OH is 1. The van der Waals surface area contributed by atoms with E-state index in [4.69, 9.17) is 28.3 Å². The highest BCUT2D eigenvalue weighted by atomic mass is 79.9. The third kappa shape index (κ3) is 3.69. The maximum Gasteiger partial charge on any atom is 0.263 e. The van der Waals surface area contributed by atoms with E-state index >= 15 is 0 Å². The number of benzene rings is 1. The van der Waals surface area contributed by atoms with Gasteiger partial charge in [-0.2, -0.15) is 0 Å². The highest BCUT2D eigenvalue weighted by Gasteiger charge is 2.23. The molecule has 4 nitrogen and oxygen atoms in total. The van der Waals surface area contributed by atoms with Crippen LogP contribution < -0.4 is 4.72 Å². The second kappa shape index (κ2) is 6.39. The van der Waals surface area contributed by atoms with Gasteiger partial charge in [-0.15, -0.1) is 11.3 Å². The maximum absolute atomic E-state index is 13.1. The van der Waals surface area contributed by atoms with Crippen molar-refractivity contribution >= 4 is 66.2 Å². The molecule has 2 rings (SSSR count). The molecule has 0 bridgehead atoms. The predicted molar refractivity (Wildman–Crippen MR) is 85.2 cm³/mol. The number of hydrogen-bond donors (Lipinski definition) is 2. The lowest BCUT2D eigenvalue weighted by Crippen LogP contribution is -2.13. The number of anilines is 1. The van der Waals surface area contributed by atoms with Gasteiger partial charge in [0.15, 0.2) is 0 Å². The number of nitrogens with one attached hydrogen (secondary N) is 1. The standard InChI is InChI=1S/C11H7BrCl2FNO3S2/c12-11-9(3-6(4-17)20-11)21(18,19)16-10-7(13)1-5(15)2-8(10)14/h1-3,16-17H,4H2. The molecule has 0 amide bonds. The van der Waals surface area contributed by atoms with Crippen molar-refractivity contribution in [1.82, 2.24) is 0 Å². The van der Waals surface area contributed by atoms with E-state index in [0.29, 0.717) is 8.66 Å². The van der Waals surface area contributed by atoms with E-state index in [9.17, 15) is 12.8 Å². The van der Waals surface area contributed by atoms with Crippen LogP contribution in [-0.2, 0) is 16.6 Å². The van der Waals surface area contributed by atoms with Gasteiger partial charge in [0.1, 0.15) is 10.7 Å². The van der Waals surface area contributed by atoms with Crippen LogP contribution in [0.1, 0.15) is 4.88 Å². The average Bonchev–Trinajstić information content (AvgIpc) is 2.76. The Balaban J connectivity index is 2.44. The molecule has 0 fully saturated rings. The minimum atomic E-state index is -3.98. The van der Waals surface area contributed by atoms with Crippen molar-refractivity contribution in [3.05, 3.63) is 42.7 Å². The molecule has 0 saturated heterocycles. The van der Waals surface area contributed by atoms with E-state index in [2.05, 4.69) is 20.7 Å². The third-order valence-corrected chi connectivity index (χ3v) is 6.58. The van der Waals surface area contributed by atoms with Gasteiger partial charge in [-0.3, -0.25) is 4.72 Å². The third-order valence-electron chi connectivity index (χ3n) is 2.40. The van der Waals surface area contributed by atoms with Crippen LogP contribution in [0.25, 0.3) is 0 Å². The molecule has 0 saturated carbocycles. The molecule has 1 aromatic heterocycles. The normalized spacial score (nSPS) is 11.7. The second-order valence-corrected chi connectivity index (χ2v) is 8.78. The van der Waals surface area contributed by atoms with Gasteiger partial charge in [0.2, 0.25) is 0 Å². The maximum atomic E-state index is 13.1. The second-order valence-electron chi connectivity index (χ2n) is 3.86. The first-order valence-electron chi connectivity index (χ1n) is 5.31. The predicted octanol–water partition coefficient (Wildman–Crippen LogP) is 4.25. The molecule has 0 aliphatic heterocycles. The summed E-state index contributed by atoms with van der Waals surface area (Å²) in [6, 6.07) is 3.22. The van der Waals surface area contributed by atoms with Crippen LogP contribution >= 0.6 is 50.5 Å². The smallest absolute Gasteiger partial charge is 0.263 e. The summed E-state index contributed by atoms with van der Waals surface area (Å²) in [6.07, 6.45) is 0. The molecule has 0 radical (unpaired) electrons. The van der Waals surface area contributed by atoms with Crippen LogP contribution in [0.15, 0.2) is 26.9 Å². The molecule has 1 aromatic carbocycles. The number of thiophene rings is 1. The molecule has 114 valence electrons. The average molecular weight is 435 g/mol. The fourth-order valence-electron chi connectivity index (χ4n) is 1.49. The first kappa shape index (κ1) is 17.0. The van der Waals surface area contributed by atoms with Crippen LogP contribution in [0.5, 0.6) is 0 Å². The summed E-state index contributed by atoms with van der Waals surface area (Å²) in [5, 5.41) is 8.73. The van der Waals surface area contributed by atoms with Crippen molar-refractivity contribution < 1.29 is 17.9 Å². The molecule has 1 heterocycles. The van der Waals surface area contributed by atoms with Crippen molar-refractivity contribution in [2.75, 3.05) is 4.72 Å². The quantitative estimate of drug-likeness (QED) is 0.755. The van der Waals surface area contributed by atoms with Crippen LogP contribution in [0.2, 0.25) is 10.0 Å². The van der Waals surface area contributed by atoms with Gasteiger partial charge in [-0.1, -0.05) is 23.2 Å². The molecule has 0 spiro atoms. The van der Waals surface area contributed by atoms with Crippen molar-refractivity contribution in [3.63, 3.8) is 0 Å². The molecule has 2 N–H and O–H groups in total. The summed E-state index contributed by atoms with van der Waals surface area (Å²) in [7, 11) is -3.98. The van der Waals surface area contributed by atoms with Crippen molar-refractivity contribution in [2.24, 2.45) is 0 Å². The monoisotopic (exact) mass is 433 g/mol. The van der Waals surface area contributed by atoms with E-state index in [1.54, 1.807) is 0 Å². The number of hydrogen-bond acceptors (Lipinski definition) is 4. The Labute approximate surface area is 142 Å². The van der Waals surface area contributed by atoms with Gasteiger partial charge in [-0.05, 0) is 34.1 Å². The molecule has 0 aliphatic carbocycles. The summed E-state index contributed by atoms with van der Waals surface area (Å²) in [6.45, 7) is -0.281. The van der Waals surface area contributed by atoms with Gasteiger partial charge in [0.05, 0.1) is 26.1 Å². The number of halogens is 4. The molecule has 10 heteroatoms. The SMILES string of the molecule is O=S(=O)(Nc1c(Cl)cc(F)cc1Cl)c1cc(CO)sc1Br. The molecule has 21 heavy (non-hydrogen) atoms. The Hall–Kier alpha value is -0.380. The zero-order valence-electron chi connectivity index (χ0n) is 10.0. The topological polar surface area (TPSA) is 66.4 Å². The number of sulfonamides is 1. The zero-order valence-corrected chi connectivity index (χ0v) is 14.8. The van der Waals surface area contributed by atoms with E-state index in [-0.39, 0.29) is 27.2 Å². The summed E-state index contributed by atoms with van der Waals surface area (Å²) in [5.41, 5.74) is -0.108. The first-order valence-corrected chi connectivity index (χ1v) is 9.16. The van der Waals surface area contributed by atoms with Gasteiger partial charge in [0.25, 0.3) is 10.0 Å². The molecule has 0 atom stereocenters. The Morgan fingerprint density at radius 3 is 2.33 bits per heavy atom. The van der Waals surface area contributed by atoms with Crippen molar-refractivity contribution in [3.8, 4) is 0 Å². The van der Waals surface area contributed by atoms with E-state index in [1.807, 2.05) is 0 Å². The number of rotatable bonds is 4. The van der Waals surface area contributed by atoms with E-state index in [0.717, 1.165) is 23.5 Å². The Kier molecular flexibility index (Phi) is 5.17. The Morgan fingerprint density at radius 1 is 1.29 bits per heavy atom. The van der Waals surface area contributed by atoms with Gasteiger partial charge >= 0.3 is 0 Å². The van der Waals surface area contributed by atoms with Gasteiger partial charge < -0.3 is 5.11 Å². The Morgan fingerprint density at radius 2 is 1.86 bits per heavy atom. The minimum Gasteiger partial charge on any atom is -0.391 e.